The van der Waals surface area contributed by atoms with Crippen LogP contribution in [-0.4, -0.2) is 154 Å². The number of fused-ring (bicyclic) bond motifs is 3. The van der Waals surface area contributed by atoms with Crippen molar-refractivity contribution in [1.82, 2.24) is 35.6 Å². The molecule has 2 aromatic rings. The highest BCUT2D eigenvalue weighted by Crippen LogP contribution is 2.28. The number of nitrogens with one attached hydrogen (secondary N) is 4. The number of ether oxygens (including phenoxy) is 1. The third kappa shape index (κ3) is 10.0. The highest BCUT2D eigenvalue weighted by Gasteiger charge is 2.49. The number of aliphatic hydroxyl groups excluding tert-OH is 1. The van der Waals surface area contributed by atoms with E-state index >= 15 is 0 Å². The van der Waals surface area contributed by atoms with Crippen LogP contribution in [-0.2, 0) is 39.9 Å². The second kappa shape index (κ2) is 18.2. The van der Waals surface area contributed by atoms with E-state index < -0.39 is 90.0 Å². The summed E-state index contributed by atoms with van der Waals surface area (Å²) in [6.07, 6.45) is -2.31. The number of likely N-dealkylation sites (N-methyl/N-ethyl adjacent to an activating group) is 1. The molecular formula is C42H56N8O9. The number of cyclic esters (lactones) is 1. The first-order valence-corrected chi connectivity index (χ1v) is 20.3. The molecule has 17 nitrogen and oxygen atoms in total. The van der Waals surface area contributed by atoms with Gasteiger partial charge in [-0.05, 0) is 64.8 Å². The summed E-state index contributed by atoms with van der Waals surface area (Å²) >= 11 is 0. The van der Waals surface area contributed by atoms with E-state index in [-0.39, 0.29) is 51.4 Å². The van der Waals surface area contributed by atoms with Crippen LogP contribution in [0.5, 0.6) is 0 Å². The first kappa shape index (κ1) is 43.0. The summed E-state index contributed by atoms with van der Waals surface area (Å²) in [5.74, 6) is -4.15. The van der Waals surface area contributed by atoms with Gasteiger partial charge in [-0.3, -0.25) is 24.0 Å². The van der Waals surface area contributed by atoms with Crippen molar-refractivity contribution in [2.75, 3.05) is 45.1 Å². The zero-order chi connectivity index (χ0) is 42.7. The number of carbonyl (C=O) groups excluding carboxylic acids is 7. The monoisotopic (exact) mass is 816 g/mol. The van der Waals surface area contributed by atoms with Crippen molar-refractivity contribution < 1.29 is 43.4 Å². The summed E-state index contributed by atoms with van der Waals surface area (Å²) in [5.41, 5.74) is 3.12. The van der Waals surface area contributed by atoms with Gasteiger partial charge >= 0.3 is 12.0 Å². The van der Waals surface area contributed by atoms with Crippen molar-refractivity contribution in [3.05, 3.63) is 65.2 Å². The van der Waals surface area contributed by atoms with Crippen LogP contribution in [0.15, 0.2) is 48.5 Å². The average Bonchev–Trinajstić information content (AvgIpc) is 3.78. The van der Waals surface area contributed by atoms with E-state index in [4.69, 9.17) is 4.74 Å². The molecule has 5 N–H and O–H groups in total. The van der Waals surface area contributed by atoms with Crippen molar-refractivity contribution >= 4 is 47.2 Å². The first-order valence-electron chi connectivity index (χ1n) is 20.3. The topological polar surface area (TPSA) is 210 Å². The third-order valence-electron chi connectivity index (χ3n) is 11.6. The quantitative estimate of drug-likeness (QED) is 0.252. The Morgan fingerprint density at radius 2 is 1.54 bits per heavy atom. The molecular weight excluding hydrogens is 761 g/mol. The summed E-state index contributed by atoms with van der Waals surface area (Å²) in [4.78, 5) is 105. The summed E-state index contributed by atoms with van der Waals surface area (Å²) in [5, 5.41) is 21.9. The van der Waals surface area contributed by atoms with Crippen LogP contribution in [0.3, 0.4) is 0 Å². The molecule has 4 saturated heterocycles. The molecule has 1 unspecified atom stereocenters. The first-order chi connectivity index (χ1) is 28.0. The van der Waals surface area contributed by atoms with Crippen molar-refractivity contribution in [2.45, 2.75) is 102 Å². The van der Waals surface area contributed by atoms with E-state index in [1.165, 1.54) is 28.5 Å². The number of carbonyl (C=O) groups is 7. The van der Waals surface area contributed by atoms with Gasteiger partial charge in [0.1, 0.15) is 42.4 Å². The van der Waals surface area contributed by atoms with Gasteiger partial charge < -0.3 is 50.7 Å². The molecule has 0 radical (unpaired) electrons. The largest absolute Gasteiger partial charge is 0.458 e. The second-order valence-corrected chi connectivity index (χ2v) is 16.6. The minimum absolute atomic E-state index is 0.0233. The Morgan fingerprint density at radius 3 is 2.25 bits per heavy atom. The smallest absolute Gasteiger partial charge is 0.329 e. The maximum Gasteiger partial charge on any atom is 0.329 e. The molecule has 9 atom stereocenters. The van der Waals surface area contributed by atoms with Crippen LogP contribution in [0.1, 0.15) is 50.3 Å². The Morgan fingerprint density at radius 1 is 0.831 bits per heavy atom. The summed E-state index contributed by atoms with van der Waals surface area (Å²) in [7, 11) is 1.81. The molecule has 6 rings (SSSR count). The van der Waals surface area contributed by atoms with E-state index in [9.17, 15) is 38.7 Å². The second-order valence-electron chi connectivity index (χ2n) is 16.6. The number of rotatable bonds is 6. The molecule has 0 spiro atoms. The van der Waals surface area contributed by atoms with Crippen LogP contribution < -0.4 is 21.3 Å². The Labute approximate surface area is 344 Å². The van der Waals surface area contributed by atoms with Crippen LogP contribution in [0.25, 0.3) is 0 Å². The summed E-state index contributed by atoms with van der Waals surface area (Å²) in [6.45, 7) is 9.31. The van der Waals surface area contributed by atoms with E-state index in [1.807, 2.05) is 63.1 Å². The van der Waals surface area contributed by atoms with Crippen molar-refractivity contribution in [2.24, 2.45) is 5.92 Å². The number of urea groups is 1. The average molecular weight is 817 g/mol. The fourth-order valence-corrected chi connectivity index (χ4v) is 8.41. The standard InChI is InChI=1S/C42H56N8O9/c1-23-10-12-29(13-11-23)44-42(58)45-31(18-28-9-7-8-24(2)16-28)36(52)46-35-27(5)59-41(57)33-17-25(3)20-49(33)38(54)26(4)43-37(53)34-22-47(6)14-15-48(34)39(55)32-19-30(51)21-50(32)40(35)56/h7-13,16,25-27,30-35,51H,14-15,17-22H2,1-6H3,(H,43,53)(H,46,52)(H2,44,45,58)/t25-,26+,27?,30-,31+,32+,33+,34+,35+/m1/s1. The molecule has 17 heteroatoms. The van der Waals surface area contributed by atoms with Gasteiger partial charge in [-0.15, -0.1) is 0 Å². The molecule has 4 heterocycles. The highest BCUT2D eigenvalue weighted by atomic mass is 16.5. The van der Waals surface area contributed by atoms with Crippen LogP contribution in [0.4, 0.5) is 10.5 Å². The number of amides is 7. The van der Waals surface area contributed by atoms with Gasteiger partial charge in [0, 0.05) is 51.3 Å². The number of piperazine rings is 1. The number of esters is 1. The molecule has 0 aromatic heterocycles. The maximum atomic E-state index is 14.8. The van der Waals surface area contributed by atoms with Gasteiger partial charge in [0.25, 0.3) is 0 Å². The van der Waals surface area contributed by atoms with Gasteiger partial charge in [-0.1, -0.05) is 54.4 Å². The van der Waals surface area contributed by atoms with Gasteiger partial charge in [-0.25, -0.2) is 9.59 Å². The number of aryl methyl sites for hydroxylation is 2. The van der Waals surface area contributed by atoms with Gasteiger partial charge in [-0.2, -0.15) is 0 Å². The number of hydrogen-bond acceptors (Lipinski definition) is 10. The molecule has 59 heavy (non-hydrogen) atoms. The van der Waals surface area contributed by atoms with E-state index in [1.54, 1.807) is 18.2 Å². The number of aliphatic hydroxyl groups is 1. The minimum atomic E-state index is -1.60. The summed E-state index contributed by atoms with van der Waals surface area (Å²) in [6, 6.07) is 6.62. The number of nitrogens with zero attached hydrogens (tertiary/aromatic N) is 4. The Balaban J connectivity index is 1.35. The Kier molecular flexibility index (Phi) is 13.2. The lowest BCUT2D eigenvalue weighted by molar-refractivity contribution is -0.163. The molecule has 4 aliphatic heterocycles. The molecule has 7 amide bonds. The van der Waals surface area contributed by atoms with Crippen molar-refractivity contribution in [1.29, 1.82) is 0 Å². The third-order valence-corrected chi connectivity index (χ3v) is 11.6. The Bertz CT molecular complexity index is 1940. The van der Waals surface area contributed by atoms with Gasteiger partial charge in [0.15, 0.2) is 0 Å². The SMILES string of the molecule is Cc1ccc(NC(=O)N[C@@H](Cc2cccc(C)c2)C(=O)N[C@@H]2C(=O)N3C[C@H](O)C[C@H]3C(=O)N3CCN(C)C[C@H]3C(=O)N[C@@H](C)C(=O)N3C[C@H](C)C[C@H]3C(=O)OC2C)cc1. The maximum absolute atomic E-state index is 14.8. The number of hydrogen-bond donors (Lipinski definition) is 5. The normalized spacial score (nSPS) is 28.9. The predicted molar refractivity (Wildman–Crippen MR) is 215 cm³/mol. The molecule has 4 fully saturated rings. The fourth-order valence-electron chi connectivity index (χ4n) is 8.41. The van der Waals surface area contributed by atoms with Crippen molar-refractivity contribution in [3.8, 4) is 0 Å². The molecule has 0 aliphatic carbocycles. The lowest BCUT2D eigenvalue weighted by Gasteiger charge is -2.42. The minimum Gasteiger partial charge on any atom is -0.458 e. The zero-order valence-corrected chi connectivity index (χ0v) is 34.5. The number of anilines is 1. The van der Waals surface area contributed by atoms with E-state index in [0.717, 1.165) is 16.7 Å². The molecule has 4 aliphatic rings. The van der Waals surface area contributed by atoms with E-state index in [0.29, 0.717) is 12.2 Å². The van der Waals surface area contributed by atoms with Gasteiger partial charge in [0.05, 0.1) is 6.10 Å². The summed E-state index contributed by atoms with van der Waals surface area (Å²) < 4.78 is 5.94. The molecule has 318 valence electrons. The van der Waals surface area contributed by atoms with E-state index in [2.05, 4.69) is 21.3 Å². The van der Waals surface area contributed by atoms with Crippen LogP contribution in [0.2, 0.25) is 0 Å². The number of benzene rings is 2. The Hall–Kier alpha value is -5.55. The lowest BCUT2D eigenvalue weighted by Crippen LogP contribution is -2.65. The van der Waals surface area contributed by atoms with Crippen LogP contribution >= 0.6 is 0 Å². The lowest BCUT2D eigenvalue weighted by atomic mass is 10.0. The zero-order valence-electron chi connectivity index (χ0n) is 34.5. The highest BCUT2D eigenvalue weighted by molar-refractivity contribution is 5.99. The molecule has 0 saturated carbocycles. The van der Waals surface area contributed by atoms with Gasteiger partial charge in [0.2, 0.25) is 29.5 Å². The fraction of sp³-hybridized carbons (Fsp3) is 0.548. The predicted octanol–water partition coefficient (Wildman–Crippen LogP) is 0.312. The van der Waals surface area contributed by atoms with Crippen LogP contribution in [0, 0.1) is 19.8 Å². The van der Waals surface area contributed by atoms with Crippen molar-refractivity contribution in [3.63, 3.8) is 0 Å². The molecule has 2 aromatic carbocycles. The molecule has 0 bridgehead atoms.